The summed E-state index contributed by atoms with van der Waals surface area (Å²) in [4.78, 5) is 5.94. The third kappa shape index (κ3) is 3.29. The first-order valence-corrected chi connectivity index (χ1v) is 7.54. The van der Waals surface area contributed by atoms with Gasteiger partial charge in [0.1, 0.15) is 5.01 Å². The van der Waals surface area contributed by atoms with Crippen molar-refractivity contribution in [1.29, 1.82) is 0 Å². The van der Waals surface area contributed by atoms with E-state index in [1.807, 2.05) is 11.3 Å². The molecule has 1 heterocycles. The van der Waals surface area contributed by atoms with Crippen molar-refractivity contribution in [2.75, 3.05) is 0 Å². The molecule has 17 heavy (non-hydrogen) atoms. The molecule has 1 aliphatic carbocycles. The van der Waals surface area contributed by atoms with E-state index >= 15 is 0 Å². The highest BCUT2D eigenvalue weighted by molar-refractivity contribution is 7.11. The van der Waals surface area contributed by atoms with Crippen molar-refractivity contribution in [3.63, 3.8) is 0 Å². The minimum Gasteiger partial charge on any atom is -0.308 e. The van der Waals surface area contributed by atoms with E-state index in [-0.39, 0.29) is 0 Å². The second-order valence-electron chi connectivity index (χ2n) is 5.59. The molecule has 96 valence electrons. The van der Waals surface area contributed by atoms with Gasteiger partial charge in [-0.3, -0.25) is 0 Å². The molecule has 1 aromatic rings. The lowest BCUT2D eigenvalue weighted by Gasteiger charge is -2.32. The molecule has 0 spiro atoms. The van der Waals surface area contributed by atoms with Crippen molar-refractivity contribution in [1.82, 2.24) is 10.3 Å². The van der Waals surface area contributed by atoms with Gasteiger partial charge in [0.25, 0.3) is 0 Å². The molecule has 3 unspecified atom stereocenters. The zero-order valence-electron chi connectivity index (χ0n) is 11.4. The van der Waals surface area contributed by atoms with Crippen molar-refractivity contribution >= 4 is 11.3 Å². The highest BCUT2D eigenvalue weighted by Gasteiger charge is 2.24. The van der Waals surface area contributed by atoms with Crippen LogP contribution in [0.4, 0.5) is 0 Å². The van der Waals surface area contributed by atoms with Crippen LogP contribution in [0, 0.1) is 25.7 Å². The van der Waals surface area contributed by atoms with Gasteiger partial charge in [0.2, 0.25) is 0 Å². The first-order valence-electron chi connectivity index (χ1n) is 6.72. The maximum atomic E-state index is 4.58. The van der Waals surface area contributed by atoms with Crippen LogP contribution in [0.1, 0.15) is 48.7 Å². The zero-order valence-corrected chi connectivity index (χ0v) is 12.2. The Morgan fingerprint density at radius 3 is 2.59 bits per heavy atom. The number of nitrogens with zero attached hydrogens (tertiary/aromatic N) is 1. The molecule has 0 saturated heterocycles. The number of nitrogens with one attached hydrogen (secondary N) is 1. The van der Waals surface area contributed by atoms with Gasteiger partial charge in [0, 0.05) is 17.5 Å². The van der Waals surface area contributed by atoms with Gasteiger partial charge in [-0.1, -0.05) is 13.8 Å². The Morgan fingerprint density at radius 1 is 1.24 bits per heavy atom. The molecule has 3 heteroatoms. The summed E-state index contributed by atoms with van der Waals surface area (Å²) in [6.45, 7) is 9.97. The summed E-state index contributed by atoms with van der Waals surface area (Å²) in [5.74, 6) is 1.76. The predicted molar refractivity (Wildman–Crippen MR) is 74.4 cm³/mol. The molecule has 0 amide bonds. The average Bonchev–Trinajstić information content (AvgIpc) is 2.60. The number of hydrogen-bond donors (Lipinski definition) is 1. The molecular weight excluding hydrogens is 228 g/mol. The smallest absolute Gasteiger partial charge is 0.107 e. The van der Waals surface area contributed by atoms with E-state index in [1.165, 1.54) is 34.8 Å². The minimum atomic E-state index is 0.700. The molecule has 0 aromatic carbocycles. The Hall–Kier alpha value is -0.410. The van der Waals surface area contributed by atoms with Crippen LogP contribution in [0.5, 0.6) is 0 Å². The van der Waals surface area contributed by atoms with E-state index in [1.54, 1.807) is 0 Å². The summed E-state index contributed by atoms with van der Waals surface area (Å²) >= 11 is 1.83. The number of aromatic nitrogens is 1. The van der Waals surface area contributed by atoms with Crippen molar-refractivity contribution in [3.05, 3.63) is 15.6 Å². The molecule has 1 aromatic heterocycles. The average molecular weight is 252 g/mol. The van der Waals surface area contributed by atoms with Crippen molar-refractivity contribution < 1.29 is 0 Å². The van der Waals surface area contributed by atoms with Crippen LogP contribution in [0.3, 0.4) is 0 Å². The fourth-order valence-electron chi connectivity index (χ4n) is 2.58. The Kier molecular flexibility index (Phi) is 4.21. The first kappa shape index (κ1) is 13.0. The minimum absolute atomic E-state index is 0.700. The first-order chi connectivity index (χ1) is 8.06. The second kappa shape index (κ2) is 5.49. The van der Waals surface area contributed by atoms with Gasteiger partial charge in [-0.15, -0.1) is 11.3 Å². The van der Waals surface area contributed by atoms with Gasteiger partial charge < -0.3 is 5.32 Å². The van der Waals surface area contributed by atoms with Crippen LogP contribution in [-0.4, -0.2) is 11.0 Å². The largest absolute Gasteiger partial charge is 0.308 e. The number of aryl methyl sites for hydroxylation is 2. The van der Waals surface area contributed by atoms with Crippen LogP contribution < -0.4 is 5.32 Å². The molecule has 3 atom stereocenters. The van der Waals surface area contributed by atoms with Gasteiger partial charge in [0.15, 0.2) is 0 Å². The fourth-order valence-corrected chi connectivity index (χ4v) is 3.46. The topological polar surface area (TPSA) is 24.9 Å². The van der Waals surface area contributed by atoms with Gasteiger partial charge in [0.05, 0.1) is 5.69 Å². The molecule has 1 fully saturated rings. The molecule has 2 rings (SSSR count). The Bertz CT molecular complexity index is 353. The summed E-state index contributed by atoms with van der Waals surface area (Å²) in [5.41, 5.74) is 1.19. The number of thiazole rings is 1. The molecule has 0 radical (unpaired) electrons. The summed E-state index contributed by atoms with van der Waals surface area (Å²) in [6.07, 6.45) is 4.02. The Labute approximate surface area is 109 Å². The van der Waals surface area contributed by atoms with E-state index in [4.69, 9.17) is 0 Å². The van der Waals surface area contributed by atoms with Gasteiger partial charge in [-0.25, -0.2) is 4.98 Å². The lowest BCUT2D eigenvalue weighted by molar-refractivity contribution is 0.225. The van der Waals surface area contributed by atoms with Crippen molar-refractivity contribution in [3.8, 4) is 0 Å². The zero-order chi connectivity index (χ0) is 12.4. The van der Waals surface area contributed by atoms with Crippen LogP contribution in [0.15, 0.2) is 0 Å². The van der Waals surface area contributed by atoms with Crippen LogP contribution in [0.25, 0.3) is 0 Å². The lowest BCUT2D eigenvalue weighted by atomic mass is 9.79. The van der Waals surface area contributed by atoms with E-state index in [0.717, 1.165) is 18.4 Å². The summed E-state index contributed by atoms with van der Waals surface area (Å²) < 4.78 is 0. The summed E-state index contributed by atoms with van der Waals surface area (Å²) in [6, 6.07) is 0.700. The van der Waals surface area contributed by atoms with E-state index in [9.17, 15) is 0 Å². The molecule has 0 aliphatic heterocycles. The summed E-state index contributed by atoms with van der Waals surface area (Å²) in [7, 11) is 0. The van der Waals surface area contributed by atoms with Gasteiger partial charge in [-0.05, 0) is 44.9 Å². The normalized spacial score (nSPS) is 29.5. The molecule has 1 aliphatic rings. The lowest BCUT2D eigenvalue weighted by Crippen LogP contribution is -2.35. The fraction of sp³-hybridized carbons (Fsp3) is 0.786. The third-order valence-corrected chi connectivity index (χ3v) is 5.29. The van der Waals surface area contributed by atoms with E-state index in [0.29, 0.717) is 6.04 Å². The molecule has 2 nitrogen and oxygen atoms in total. The van der Waals surface area contributed by atoms with Crippen molar-refractivity contribution in [2.45, 2.75) is 59.5 Å². The quantitative estimate of drug-likeness (QED) is 0.887. The monoisotopic (exact) mass is 252 g/mol. The summed E-state index contributed by atoms with van der Waals surface area (Å²) in [5, 5.41) is 4.92. The van der Waals surface area contributed by atoms with E-state index in [2.05, 4.69) is 38.0 Å². The maximum Gasteiger partial charge on any atom is 0.107 e. The SMILES string of the molecule is Cc1nc(CNC2CCC(C)C(C)C2)sc1C. The van der Waals surface area contributed by atoms with E-state index < -0.39 is 0 Å². The maximum absolute atomic E-state index is 4.58. The Morgan fingerprint density at radius 2 is 2.00 bits per heavy atom. The Balaban J connectivity index is 1.82. The standard InChI is InChI=1S/C14H24N2S/c1-9-5-6-13(7-10(9)2)15-8-14-16-11(3)12(4)17-14/h9-10,13,15H,5-8H2,1-4H3. The molecule has 1 N–H and O–H groups in total. The third-order valence-electron chi connectivity index (χ3n) is 4.21. The highest BCUT2D eigenvalue weighted by Crippen LogP contribution is 2.29. The second-order valence-corrected chi connectivity index (χ2v) is 6.88. The number of rotatable bonds is 3. The molecular formula is C14H24N2S. The van der Waals surface area contributed by atoms with Gasteiger partial charge in [-0.2, -0.15) is 0 Å². The number of hydrogen-bond acceptors (Lipinski definition) is 3. The predicted octanol–water partition coefficient (Wildman–Crippen LogP) is 3.67. The van der Waals surface area contributed by atoms with Crippen LogP contribution >= 0.6 is 11.3 Å². The van der Waals surface area contributed by atoms with Crippen molar-refractivity contribution in [2.24, 2.45) is 11.8 Å². The van der Waals surface area contributed by atoms with Crippen LogP contribution in [0.2, 0.25) is 0 Å². The van der Waals surface area contributed by atoms with Crippen LogP contribution in [-0.2, 0) is 6.54 Å². The highest BCUT2D eigenvalue weighted by atomic mass is 32.1. The van der Waals surface area contributed by atoms with Gasteiger partial charge >= 0.3 is 0 Å². The molecule has 0 bridgehead atoms. The molecule has 1 saturated carbocycles.